The van der Waals surface area contributed by atoms with Crippen molar-refractivity contribution in [2.75, 3.05) is 19.0 Å². The Bertz CT molecular complexity index is 981. The van der Waals surface area contributed by atoms with E-state index < -0.39 is 0 Å². The fourth-order valence-electron chi connectivity index (χ4n) is 2.44. The zero-order valence-corrected chi connectivity index (χ0v) is 16.1. The Morgan fingerprint density at radius 2 is 2.08 bits per heavy atom. The van der Waals surface area contributed by atoms with Crippen LogP contribution in [0.25, 0.3) is 22.3 Å². The number of rotatable bonds is 6. The van der Waals surface area contributed by atoms with E-state index in [4.69, 9.17) is 26.3 Å². The summed E-state index contributed by atoms with van der Waals surface area (Å²) < 4.78 is 10.9. The molecule has 0 spiro atoms. The average molecular weight is 389 g/mol. The van der Waals surface area contributed by atoms with Crippen LogP contribution in [-0.2, 0) is 0 Å². The van der Waals surface area contributed by atoms with Crippen LogP contribution in [0.1, 0.15) is 13.8 Å². The van der Waals surface area contributed by atoms with E-state index in [9.17, 15) is 0 Å². The van der Waals surface area contributed by atoms with Gasteiger partial charge in [-0.15, -0.1) is 11.3 Å². The molecule has 0 atom stereocenters. The number of benzene rings is 1. The zero-order valence-electron chi connectivity index (χ0n) is 14.5. The molecule has 134 valence electrons. The minimum Gasteiger partial charge on any atom is -0.496 e. The van der Waals surface area contributed by atoms with Crippen LogP contribution in [0.3, 0.4) is 0 Å². The second-order valence-corrected chi connectivity index (χ2v) is 7.00. The average Bonchev–Trinajstić information content (AvgIpc) is 3.08. The van der Waals surface area contributed by atoms with Gasteiger partial charge >= 0.3 is 0 Å². The third-order valence-electron chi connectivity index (χ3n) is 3.54. The fourth-order valence-corrected chi connectivity index (χ4v) is 3.55. The first-order valence-corrected chi connectivity index (χ1v) is 9.18. The summed E-state index contributed by atoms with van der Waals surface area (Å²) in [5.41, 5.74) is 1.93. The first-order valence-electron chi connectivity index (χ1n) is 7.93. The number of methoxy groups -OCH3 is 1. The van der Waals surface area contributed by atoms with Crippen LogP contribution < -0.4 is 14.8 Å². The predicted octanol–water partition coefficient (Wildman–Crippen LogP) is 4.74. The van der Waals surface area contributed by atoms with E-state index in [0.29, 0.717) is 33.8 Å². The quantitative estimate of drug-likeness (QED) is 0.656. The summed E-state index contributed by atoms with van der Waals surface area (Å²) >= 11 is 7.97. The zero-order chi connectivity index (χ0) is 18.7. The van der Waals surface area contributed by atoms with E-state index in [0.717, 1.165) is 16.2 Å². The lowest BCUT2D eigenvalue weighted by atomic mass is 10.1. The van der Waals surface area contributed by atoms with Gasteiger partial charge in [0.2, 0.25) is 0 Å². The highest BCUT2D eigenvalue weighted by atomic mass is 35.5. The summed E-state index contributed by atoms with van der Waals surface area (Å²) in [5.74, 6) is 1.05. The standard InChI is InChI=1S/C18H17ClN4O2S/c1-10(2)21-18-23-13(9-26-18)12-8-15(24-3)11-4-5-14(25-7-6-20)16(19)17(11)22-12/h4-5,8-10H,7H2,1-3H3,(H,21,23). The Hall–Kier alpha value is -2.56. The van der Waals surface area contributed by atoms with Crippen LogP contribution in [0.2, 0.25) is 5.02 Å². The first-order chi connectivity index (χ1) is 12.5. The van der Waals surface area contributed by atoms with E-state index in [1.165, 1.54) is 11.3 Å². The molecule has 6 nitrogen and oxygen atoms in total. The maximum atomic E-state index is 8.70. The van der Waals surface area contributed by atoms with Crippen molar-refractivity contribution in [1.29, 1.82) is 5.26 Å². The fraction of sp³-hybridized carbons (Fsp3) is 0.278. The van der Waals surface area contributed by atoms with Gasteiger partial charge in [0.1, 0.15) is 28.3 Å². The van der Waals surface area contributed by atoms with Crippen LogP contribution >= 0.6 is 22.9 Å². The Labute approximate surface area is 160 Å². The SMILES string of the molecule is COc1cc(-c2csc(NC(C)C)n2)nc2c(Cl)c(OCC#N)ccc12. The summed E-state index contributed by atoms with van der Waals surface area (Å²) in [7, 11) is 1.60. The molecule has 0 aliphatic rings. The molecule has 2 aromatic heterocycles. The Kier molecular flexibility index (Phi) is 5.45. The van der Waals surface area contributed by atoms with Crippen LogP contribution in [0.15, 0.2) is 23.6 Å². The molecular weight excluding hydrogens is 372 g/mol. The summed E-state index contributed by atoms with van der Waals surface area (Å²) in [4.78, 5) is 9.23. The van der Waals surface area contributed by atoms with Gasteiger partial charge in [0.15, 0.2) is 11.7 Å². The number of pyridine rings is 1. The number of anilines is 1. The molecule has 0 unspecified atom stereocenters. The molecular formula is C18H17ClN4O2S. The molecule has 1 aromatic carbocycles. The number of hydrogen-bond donors (Lipinski definition) is 1. The molecule has 0 fully saturated rings. The third-order valence-corrected chi connectivity index (χ3v) is 4.68. The Balaban J connectivity index is 2.10. The summed E-state index contributed by atoms with van der Waals surface area (Å²) in [6.07, 6.45) is 0. The normalized spacial score (nSPS) is 10.8. The number of nitrogens with one attached hydrogen (secondary N) is 1. The van der Waals surface area contributed by atoms with Crippen molar-refractivity contribution >= 4 is 39.0 Å². The lowest BCUT2D eigenvalue weighted by molar-refractivity contribution is 0.369. The molecule has 3 rings (SSSR count). The predicted molar refractivity (Wildman–Crippen MR) is 104 cm³/mol. The molecule has 2 heterocycles. The van der Waals surface area contributed by atoms with Gasteiger partial charge in [0, 0.05) is 22.9 Å². The van der Waals surface area contributed by atoms with Gasteiger partial charge in [-0.3, -0.25) is 0 Å². The van der Waals surface area contributed by atoms with Gasteiger partial charge in [0.25, 0.3) is 0 Å². The van der Waals surface area contributed by atoms with E-state index in [2.05, 4.69) is 29.1 Å². The monoisotopic (exact) mass is 388 g/mol. The van der Waals surface area contributed by atoms with E-state index in [1.54, 1.807) is 13.2 Å². The van der Waals surface area contributed by atoms with Crippen molar-refractivity contribution in [1.82, 2.24) is 9.97 Å². The molecule has 3 aromatic rings. The maximum Gasteiger partial charge on any atom is 0.183 e. The van der Waals surface area contributed by atoms with Gasteiger partial charge < -0.3 is 14.8 Å². The minimum absolute atomic E-state index is 0.0850. The molecule has 1 N–H and O–H groups in total. The van der Waals surface area contributed by atoms with E-state index >= 15 is 0 Å². The molecule has 0 amide bonds. The van der Waals surface area contributed by atoms with Gasteiger partial charge in [0.05, 0.1) is 18.3 Å². The lowest BCUT2D eigenvalue weighted by Crippen LogP contribution is -2.09. The lowest BCUT2D eigenvalue weighted by Gasteiger charge is -2.11. The van der Waals surface area contributed by atoms with Gasteiger partial charge in [-0.25, -0.2) is 9.97 Å². The van der Waals surface area contributed by atoms with Crippen molar-refractivity contribution in [2.24, 2.45) is 0 Å². The smallest absolute Gasteiger partial charge is 0.183 e. The van der Waals surface area contributed by atoms with Gasteiger partial charge in [-0.1, -0.05) is 11.6 Å². The molecule has 0 bridgehead atoms. The van der Waals surface area contributed by atoms with Crippen LogP contribution in [-0.4, -0.2) is 29.7 Å². The minimum atomic E-state index is -0.0850. The summed E-state index contributed by atoms with van der Waals surface area (Å²) in [5, 5.41) is 15.8. The number of hydrogen-bond acceptors (Lipinski definition) is 7. The molecule has 0 saturated carbocycles. The number of thiazole rings is 1. The van der Waals surface area contributed by atoms with Gasteiger partial charge in [-0.2, -0.15) is 5.26 Å². The second-order valence-electron chi connectivity index (χ2n) is 5.77. The molecule has 0 radical (unpaired) electrons. The molecule has 26 heavy (non-hydrogen) atoms. The number of fused-ring (bicyclic) bond motifs is 1. The number of nitrogens with zero attached hydrogens (tertiary/aromatic N) is 3. The number of ether oxygens (including phenoxy) is 2. The van der Waals surface area contributed by atoms with Crippen molar-refractivity contribution in [3.05, 3.63) is 28.6 Å². The number of halogens is 1. The van der Waals surface area contributed by atoms with E-state index in [-0.39, 0.29) is 6.61 Å². The highest BCUT2D eigenvalue weighted by Crippen LogP contribution is 2.38. The molecule has 0 aliphatic heterocycles. The summed E-state index contributed by atoms with van der Waals surface area (Å²) in [6, 6.07) is 7.58. The van der Waals surface area contributed by atoms with Crippen molar-refractivity contribution in [3.63, 3.8) is 0 Å². The Morgan fingerprint density at radius 1 is 1.27 bits per heavy atom. The number of aromatic nitrogens is 2. The van der Waals surface area contributed by atoms with Crippen LogP contribution in [0.4, 0.5) is 5.13 Å². The molecule has 0 aliphatic carbocycles. The molecule has 0 saturated heterocycles. The largest absolute Gasteiger partial charge is 0.496 e. The van der Waals surface area contributed by atoms with Crippen molar-refractivity contribution in [2.45, 2.75) is 19.9 Å². The highest BCUT2D eigenvalue weighted by molar-refractivity contribution is 7.14. The third kappa shape index (κ3) is 3.66. The Morgan fingerprint density at radius 3 is 2.77 bits per heavy atom. The maximum absolute atomic E-state index is 8.70. The highest BCUT2D eigenvalue weighted by Gasteiger charge is 2.16. The number of nitriles is 1. The summed E-state index contributed by atoms with van der Waals surface area (Å²) in [6.45, 7) is 4.03. The van der Waals surface area contributed by atoms with Crippen LogP contribution in [0, 0.1) is 11.3 Å². The topological polar surface area (TPSA) is 80.1 Å². The van der Waals surface area contributed by atoms with E-state index in [1.807, 2.05) is 23.6 Å². The first kappa shape index (κ1) is 18.2. The second kappa shape index (κ2) is 7.77. The van der Waals surface area contributed by atoms with Crippen molar-refractivity contribution in [3.8, 4) is 29.0 Å². The van der Waals surface area contributed by atoms with Crippen LogP contribution in [0.5, 0.6) is 11.5 Å². The molecule has 8 heteroatoms. The van der Waals surface area contributed by atoms with Crippen molar-refractivity contribution < 1.29 is 9.47 Å². The van der Waals surface area contributed by atoms with Gasteiger partial charge in [-0.05, 0) is 26.0 Å².